The first-order valence-electron chi connectivity index (χ1n) is 4.23. The van der Waals surface area contributed by atoms with Crippen LogP contribution in [0, 0.1) is 0 Å². The van der Waals surface area contributed by atoms with E-state index in [1.54, 1.807) is 30.3 Å². The average molecular weight is 220 g/mol. The summed E-state index contributed by atoms with van der Waals surface area (Å²) in [5, 5.41) is 9.73. The van der Waals surface area contributed by atoms with Crippen LogP contribution in [0.15, 0.2) is 34.2 Å². The second-order valence-electron chi connectivity index (χ2n) is 2.92. The molecule has 1 aromatic rings. The zero-order valence-corrected chi connectivity index (χ0v) is 8.49. The summed E-state index contributed by atoms with van der Waals surface area (Å²) in [5.74, 6) is -0.232. The predicted molar refractivity (Wildman–Crippen MR) is 60.3 cm³/mol. The molecule has 1 amide bonds. The van der Waals surface area contributed by atoms with Crippen LogP contribution in [0.2, 0.25) is 0 Å². The second-order valence-corrected chi connectivity index (χ2v) is 3.99. The fraction of sp³-hybridized carbons (Fsp3) is 0. The van der Waals surface area contributed by atoms with Crippen LogP contribution in [0.25, 0.3) is 6.08 Å². The number of phenolic OH excluding ortho intramolecular Hbond substituents is 1. The van der Waals surface area contributed by atoms with Crippen molar-refractivity contribution in [2.75, 3.05) is 0 Å². The monoisotopic (exact) mass is 220 g/mol. The molecule has 0 saturated heterocycles. The van der Waals surface area contributed by atoms with Gasteiger partial charge in [-0.05, 0) is 23.9 Å². The molecule has 1 aliphatic heterocycles. The molecule has 0 spiro atoms. The van der Waals surface area contributed by atoms with Crippen molar-refractivity contribution in [2.24, 2.45) is 10.7 Å². The summed E-state index contributed by atoms with van der Waals surface area (Å²) in [6, 6.07) is 6.76. The Balaban J connectivity index is 2.33. The highest BCUT2D eigenvalue weighted by molar-refractivity contribution is 8.18. The fourth-order valence-electron chi connectivity index (χ4n) is 1.18. The van der Waals surface area contributed by atoms with Gasteiger partial charge in [0, 0.05) is 5.56 Å². The number of aliphatic imine (C=N–C) groups is 1. The highest BCUT2D eigenvalue weighted by atomic mass is 32.2. The molecule has 2 rings (SSSR count). The SMILES string of the molecule is NC1=NC(=O)C(=Cc2ccccc2O)S1. The minimum absolute atomic E-state index is 0.129. The largest absolute Gasteiger partial charge is 0.507 e. The van der Waals surface area contributed by atoms with Crippen LogP contribution in [0.1, 0.15) is 5.56 Å². The quantitative estimate of drug-likeness (QED) is 0.700. The Bertz CT molecular complexity index is 480. The molecule has 5 heteroatoms. The van der Waals surface area contributed by atoms with E-state index >= 15 is 0 Å². The molecular formula is C10H8N2O2S. The highest BCUT2D eigenvalue weighted by Gasteiger charge is 2.19. The molecule has 0 aromatic heterocycles. The van der Waals surface area contributed by atoms with Crippen molar-refractivity contribution in [3.05, 3.63) is 34.7 Å². The van der Waals surface area contributed by atoms with Crippen molar-refractivity contribution < 1.29 is 9.90 Å². The van der Waals surface area contributed by atoms with E-state index in [2.05, 4.69) is 4.99 Å². The third-order valence-corrected chi connectivity index (χ3v) is 2.67. The third kappa shape index (κ3) is 2.02. The van der Waals surface area contributed by atoms with Gasteiger partial charge in [0.2, 0.25) is 0 Å². The maximum Gasteiger partial charge on any atom is 0.286 e. The van der Waals surface area contributed by atoms with Crippen molar-refractivity contribution in [2.45, 2.75) is 0 Å². The van der Waals surface area contributed by atoms with Crippen molar-refractivity contribution in [3.63, 3.8) is 0 Å². The van der Waals surface area contributed by atoms with Crippen molar-refractivity contribution >= 4 is 28.9 Å². The summed E-state index contributed by atoms with van der Waals surface area (Å²) in [5.41, 5.74) is 5.98. The second kappa shape index (κ2) is 3.78. The molecule has 76 valence electrons. The number of hydrogen-bond acceptors (Lipinski definition) is 4. The van der Waals surface area contributed by atoms with Gasteiger partial charge in [-0.1, -0.05) is 18.2 Å². The van der Waals surface area contributed by atoms with E-state index in [1.807, 2.05) is 0 Å². The molecule has 0 atom stereocenters. The predicted octanol–water partition coefficient (Wildman–Crippen LogP) is 1.32. The first-order valence-corrected chi connectivity index (χ1v) is 5.04. The Morgan fingerprint density at radius 2 is 2.13 bits per heavy atom. The number of nitrogens with two attached hydrogens (primary N) is 1. The van der Waals surface area contributed by atoms with Crippen LogP contribution in [0.5, 0.6) is 5.75 Å². The number of phenols is 1. The maximum atomic E-state index is 11.3. The average Bonchev–Trinajstić information content (AvgIpc) is 2.49. The number of nitrogens with zero attached hydrogens (tertiary/aromatic N) is 1. The molecule has 4 nitrogen and oxygen atoms in total. The van der Waals surface area contributed by atoms with E-state index in [0.717, 1.165) is 11.8 Å². The summed E-state index contributed by atoms with van der Waals surface area (Å²) in [7, 11) is 0. The van der Waals surface area contributed by atoms with Crippen molar-refractivity contribution in [3.8, 4) is 5.75 Å². The summed E-state index contributed by atoms with van der Waals surface area (Å²) in [6.45, 7) is 0. The van der Waals surface area contributed by atoms with Gasteiger partial charge in [0.1, 0.15) is 5.75 Å². The molecule has 3 N–H and O–H groups in total. The Morgan fingerprint density at radius 1 is 1.40 bits per heavy atom. The summed E-state index contributed by atoms with van der Waals surface area (Å²) in [6.07, 6.45) is 1.58. The van der Waals surface area contributed by atoms with Gasteiger partial charge < -0.3 is 10.8 Å². The zero-order valence-electron chi connectivity index (χ0n) is 7.68. The number of hydrogen-bond donors (Lipinski definition) is 2. The number of amides is 1. The number of carbonyl (C=O) groups excluding carboxylic acids is 1. The van der Waals surface area contributed by atoms with E-state index in [0.29, 0.717) is 10.5 Å². The van der Waals surface area contributed by atoms with Gasteiger partial charge in [0.05, 0.1) is 4.91 Å². The van der Waals surface area contributed by atoms with Crippen LogP contribution in [0.4, 0.5) is 0 Å². The van der Waals surface area contributed by atoms with E-state index in [-0.39, 0.29) is 16.8 Å². The van der Waals surface area contributed by atoms with Crippen molar-refractivity contribution in [1.29, 1.82) is 0 Å². The van der Waals surface area contributed by atoms with Crippen LogP contribution in [-0.2, 0) is 4.79 Å². The van der Waals surface area contributed by atoms with Gasteiger partial charge in [-0.2, -0.15) is 4.99 Å². The molecule has 1 aliphatic rings. The van der Waals surface area contributed by atoms with Gasteiger partial charge in [-0.25, -0.2) is 0 Å². The lowest BCUT2D eigenvalue weighted by atomic mass is 10.2. The molecule has 1 heterocycles. The Hall–Kier alpha value is -1.75. The molecular weight excluding hydrogens is 212 g/mol. The molecule has 0 radical (unpaired) electrons. The minimum atomic E-state index is -0.360. The Kier molecular flexibility index (Phi) is 2.47. The number of para-hydroxylation sites is 1. The normalized spacial score (nSPS) is 18.3. The minimum Gasteiger partial charge on any atom is -0.507 e. The molecule has 0 unspecified atom stereocenters. The lowest BCUT2D eigenvalue weighted by molar-refractivity contribution is -0.113. The van der Waals surface area contributed by atoms with E-state index in [4.69, 9.17) is 5.73 Å². The third-order valence-electron chi connectivity index (χ3n) is 1.86. The van der Waals surface area contributed by atoms with Gasteiger partial charge in [0.15, 0.2) is 5.17 Å². The smallest absolute Gasteiger partial charge is 0.286 e. The summed E-state index contributed by atoms with van der Waals surface area (Å²) >= 11 is 1.11. The standard InChI is InChI=1S/C10H8N2O2S/c11-10-12-9(14)8(15-10)5-6-3-1-2-4-7(6)13/h1-5,13H,(H2,11,12,14). The van der Waals surface area contributed by atoms with Crippen LogP contribution in [0.3, 0.4) is 0 Å². The van der Waals surface area contributed by atoms with E-state index in [9.17, 15) is 9.90 Å². The molecule has 0 saturated carbocycles. The molecule has 15 heavy (non-hydrogen) atoms. The van der Waals surface area contributed by atoms with Crippen LogP contribution < -0.4 is 5.73 Å². The lowest BCUT2D eigenvalue weighted by Crippen LogP contribution is -2.01. The fourth-order valence-corrected chi connectivity index (χ4v) is 1.85. The Morgan fingerprint density at radius 3 is 2.73 bits per heavy atom. The first kappa shape index (κ1) is 9.79. The lowest BCUT2D eigenvalue weighted by Gasteiger charge is -1.98. The number of benzene rings is 1. The molecule has 1 aromatic carbocycles. The van der Waals surface area contributed by atoms with Gasteiger partial charge in [0.25, 0.3) is 5.91 Å². The number of rotatable bonds is 1. The van der Waals surface area contributed by atoms with E-state index < -0.39 is 0 Å². The maximum absolute atomic E-state index is 11.3. The van der Waals surface area contributed by atoms with Crippen LogP contribution >= 0.6 is 11.8 Å². The van der Waals surface area contributed by atoms with Crippen molar-refractivity contribution in [1.82, 2.24) is 0 Å². The summed E-state index contributed by atoms with van der Waals surface area (Å²) in [4.78, 5) is 15.3. The van der Waals surface area contributed by atoms with Gasteiger partial charge >= 0.3 is 0 Å². The number of aromatic hydroxyl groups is 1. The van der Waals surface area contributed by atoms with E-state index in [1.165, 1.54) is 0 Å². The zero-order chi connectivity index (χ0) is 10.8. The topological polar surface area (TPSA) is 75.7 Å². The number of thioether (sulfide) groups is 1. The van der Waals surface area contributed by atoms with Crippen LogP contribution in [-0.4, -0.2) is 16.2 Å². The highest BCUT2D eigenvalue weighted by Crippen LogP contribution is 2.28. The molecule has 0 aliphatic carbocycles. The number of carbonyl (C=O) groups is 1. The van der Waals surface area contributed by atoms with Gasteiger partial charge in [-0.3, -0.25) is 4.79 Å². The van der Waals surface area contributed by atoms with Gasteiger partial charge in [-0.15, -0.1) is 0 Å². The first-order chi connectivity index (χ1) is 7.16. The number of amidine groups is 1. The molecule has 0 bridgehead atoms. The molecule has 0 fully saturated rings. The Labute approximate surface area is 90.5 Å². The summed E-state index contributed by atoms with van der Waals surface area (Å²) < 4.78 is 0.